The average Bonchev–Trinajstić information content (AvgIpc) is 2.64. The standard InChI is InChI=1S/C19H20N4O2/c1-20-18(24)17-15-10-6-7-11-16(15)19(25)23(21-17)13-22(2)12-14-8-4-3-5-9-14/h3-11H,12-13H2,1-2H3,(H,20,24). The molecule has 6 nitrogen and oxygen atoms in total. The fourth-order valence-corrected chi connectivity index (χ4v) is 2.79. The van der Waals surface area contributed by atoms with Crippen molar-refractivity contribution in [2.75, 3.05) is 14.1 Å². The molecule has 0 saturated carbocycles. The molecule has 0 bridgehead atoms. The van der Waals surface area contributed by atoms with Crippen LogP contribution in [0.2, 0.25) is 0 Å². The molecule has 0 atom stereocenters. The van der Waals surface area contributed by atoms with Crippen LogP contribution in [0.25, 0.3) is 10.8 Å². The number of amides is 1. The van der Waals surface area contributed by atoms with Crippen LogP contribution in [-0.4, -0.2) is 34.7 Å². The van der Waals surface area contributed by atoms with E-state index in [1.807, 2.05) is 42.3 Å². The molecule has 3 aromatic rings. The third kappa shape index (κ3) is 3.59. The van der Waals surface area contributed by atoms with Gasteiger partial charge in [0.25, 0.3) is 11.5 Å². The molecule has 0 saturated heterocycles. The molecule has 0 spiro atoms. The third-order valence-corrected chi connectivity index (χ3v) is 3.98. The van der Waals surface area contributed by atoms with Gasteiger partial charge < -0.3 is 5.32 Å². The van der Waals surface area contributed by atoms with Crippen LogP contribution in [0.5, 0.6) is 0 Å². The minimum absolute atomic E-state index is 0.205. The van der Waals surface area contributed by atoms with Crippen molar-refractivity contribution in [1.82, 2.24) is 20.0 Å². The number of carbonyl (C=O) groups excluding carboxylic acids is 1. The van der Waals surface area contributed by atoms with Crippen molar-refractivity contribution in [2.45, 2.75) is 13.2 Å². The number of hydrogen-bond acceptors (Lipinski definition) is 4. The zero-order valence-electron chi connectivity index (χ0n) is 14.3. The maximum atomic E-state index is 12.7. The predicted molar refractivity (Wildman–Crippen MR) is 97.3 cm³/mol. The molecule has 0 fully saturated rings. The van der Waals surface area contributed by atoms with Crippen molar-refractivity contribution in [3.63, 3.8) is 0 Å². The highest BCUT2D eigenvalue weighted by Gasteiger charge is 2.16. The fraction of sp³-hybridized carbons (Fsp3) is 0.211. The van der Waals surface area contributed by atoms with Gasteiger partial charge in [0, 0.05) is 19.0 Å². The first-order valence-corrected chi connectivity index (χ1v) is 8.04. The summed E-state index contributed by atoms with van der Waals surface area (Å²) in [7, 11) is 3.46. The monoisotopic (exact) mass is 336 g/mol. The van der Waals surface area contributed by atoms with Crippen molar-refractivity contribution in [2.24, 2.45) is 0 Å². The summed E-state index contributed by atoms with van der Waals surface area (Å²) in [6, 6.07) is 17.0. The van der Waals surface area contributed by atoms with Crippen LogP contribution in [-0.2, 0) is 13.2 Å². The van der Waals surface area contributed by atoms with Gasteiger partial charge in [-0.1, -0.05) is 48.5 Å². The van der Waals surface area contributed by atoms with Crippen molar-refractivity contribution >= 4 is 16.7 Å². The maximum absolute atomic E-state index is 12.7. The quantitative estimate of drug-likeness (QED) is 0.772. The molecular formula is C19H20N4O2. The highest BCUT2D eigenvalue weighted by atomic mass is 16.2. The zero-order valence-corrected chi connectivity index (χ0v) is 14.3. The summed E-state index contributed by atoms with van der Waals surface area (Å²) in [5, 5.41) is 7.94. The molecule has 0 aliphatic heterocycles. The van der Waals surface area contributed by atoms with Crippen LogP contribution in [0.15, 0.2) is 59.4 Å². The molecule has 6 heteroatoms. The largest absolute Gasteiger partial charge is 0.354 e. The molecule has 25 heavy (non-hydrogen) atoms. The van der Waals surface area contributed by atoms with Gasteiger partial charge in [0.2, 0.25) is 0 Å². The Labute approximate surface area is 145 Å². The van der Waals surface area contributed by atoms with Crippen molar-refractivity contribution in [1.29, 1.82) is 0 Å². The van der Waals surface area contributed by atoms with E-state index in [4.69, 9.17) is 0 Å². The lowest BCUT2D eigenvalue weighted by Gasteiger charge is -2.18. The van der Waals surface area contributed by atoms with Gasteiger partial charge in [0.15, 0.2) is 5.69 Å². The number of carbonyl (C=O) groups is 1. The molecule has 1 N–H and O–H groups in total. The molecule has 0 unspecified atom stereocenters. The molecule has 0 aliphatic carbocycles. The van der Waals surface area contributed by atoms with E-state index in [-0.39, 0.29) is 17.2 Å². The highest BCUT2D eigenvalue weighted by Crippen LogP contribution is 2.13. The van der Waals surface area contributed by atoms with Gasteiger partial charge in [0.05, 0.1) is 12.1 Å². The summed E-state index contributed by atoms with van der Waals surface area (Å²) in [5.41, 5.74) is 1.19. The second kappa shape index (κ2) is 7.27. The zero-order chi connectivity index (χ0) is 17.8. The topological polar surface area (TPSA) is 67.2 Å². The van der Waals surface area contributed by atoms with E-state index in [0.717, 1.165) is 5.56 Å². The van der Waals surface area contributed by atoms with E-state index < -0.39 is 0 Å². The Bertz CT molecular complexity index is 951. The number of aromatic nitrogens is 2. The molecule has 2 aromatic carbocycles. The SMILES string of the molecule is CNC(=O)c1nn(CN(C)Cc2ccccc2)c(=O)c2ccccc12. The lowest BCUT2D eigenvalue weighted by molar-refractivity contribution is 0.0956. The Morgan fingerprint density at radius 2 is 1.72 bits per heavy atom. The van der Waals surface area contributed by atoms with E-state index in [9.17, 15) is 9.59 Å². The van der Waals surface area contributed by atoms with Crippen LogP contribution >= 0.6 is 0 Å². The van der Waals surface area contributed by atoms with Crippen molar-refractivity contribution < 1.29 is 4.79 Å². The summed E-state index contributed by atoms with van der Waals surface area (Å²) in [5.74, 6) is -0.310. The summed E-state index contributed by atoms with van der Waals surface area (Å²) < 4.78 is 1.34. The molecule has 1 aromatic heterocycles. The average molecular weight is 336 g/mol. The van der Waals surface area contributed by atoms with Gasteiger partial charge in [-0.15, -0.1) is 0 Å². The number of nitrogens with zero attached hydrogens (tertiary/aromatic N) is 3. The minimum atomic E-state index is -0.310. The van der Waals surface area contributed by atoms with Gasteiger partial charge in [-0.2, -0.15) is 5.10 Å². The number of fused-ring (bicyclic) bond motifs is 1. The highest BCUT2D eigenvalue weighted by molar-refractivity contribution is 6.04. The van der Waals surface area contributed by atoms with Crippen LogP contribution in [0.3, 0.4) is 0 Å². The third-order valence-electron chi connectivity index (χ3n) is 3.98. The Hall–Kier alpha value is -2.99. The van der Waals surface area contributed by atoms with Gasteiger partial charge in [0.1, 0.15) is 0 Å². The molecule has 3 rings (SSSR count). The van der Waals surface area contributed by atoms with E-state index in [2.05, 4.69) is 10.4 Å². The van der Waals surface area contributed by atoms with Crippen LogP contribution in [0, 0.1) is 0 Å². The Balaban J connectivity index is 1.97. The van der Waals surface area contributed by atoms with Gasteiger partial charge in [-0.25, -0.2) is 4.68 Å². The second-order valence-electron chi connectivity index (χ2n) is 5.92. The van der Waals surface area contributed by atoms with Crippen molar-refractivity contribution in [3.8, 4) is 0 Å². The Kier molecular flexibility index (Phi) is 4.90. The number of benzene rings is 2. The number of rotatable bonds is 5. The van der Waals surface area contributed by atoms with E-state index >= 15 is 0 Å². The summed E-state index contributed by atoms with van der Waals surface area (Å²) >= 11 is 0. The molecule has 128 valence electrons. The van der Waals surface area contributed by atoms with E-state index in [0.29, 0.717) is 24.0 Å². The van der Waals surface area contributed by atoms with Crippen LogP contribution in [0.1, 0.15) is 16.1 Å². The summed E-state index contributed by atoms with van der Waals surface area (Å²) in [6.07, 6.45) is 0. The second-order valence-corrected chi connectivity index (χ2v) is 5.92. The van der Waals surface area contributed by atoms with Crippen LogP contribution in [0.4, 0.5) is 0 Å². The lowest BCUT2D eigenvalue weighted by Crippen LogP contribution is -2.34. The molecule has 0 aliphatic rings. The number of nitrogens with one attached hydrogen (secondary N) is 1. The first-order chi connectivity index (χ1) is 12.1. The first-order valence-electron chi connectivity index (χ1n) is 8.04. The first kappa shape index (κ1) is 16.9. The summed E-state index contributed by atoms with van der Waals surface area (Å²) in [6.45, 7) is 0.972. The predicted octanol–water partition coefficient (Wildman–Crippen LogP) is 1.85. The van der Waals surface area contributed by atoms with Gasteiger partial charge in [-0.3, -0.25) is 14.5 Å². The normalized spacial score (nSPS) is 11.0. The molecular weight excluding hydrogens is 316 g/mol. The van der Waals surface area contributed by atoms with E-state index in [1.54, 1.807) is 31.3 Å². The molecule has 1 heterocycles. The lowest BCUT2D eigenvalue weighted by atomic mass is 10.1. The molecule has 1 amide bonds. The van der Waals surface area contributed by atoms with Crippen molar-refractivity contribution in [3.05, 3.63) is 76.2 Å². The minimum Gasteiger partial charge on any atom is -0.354 e. The van der Waals surface area contributed by atoms with Gasteiger partial charge >= 0.3 is 0 Å². The summed E-state index contributed by atoms with van der Waals surface area (Å²) in [4.78, 5) is 26.9. The molecule has 0 radical (unpaired) electrons. The van der Waals surface area contributed by atoms with Crippen LogP contribution < -0.4 is 10.9 Å². The maximum Gasteiger partial charge on any atom is 0.275 e. The Morgan fingerprint density at radius 3 is 2.40 bits per heavy atom. The fourth-order valence-electron chi connectivity index (χ4n) is 2.79. The Morgan fingerprint density at radius 1 is 1.08 bits per heavy atom. The van der Waals surface area contributed by atoms with Gasteiger partial charge in [-0.05, 0) is 18.7 Å². The number of hydrogen-bond donors (Lipinski definition) is 1. The van der Waals surface area contributed by atoms with E-state index in [1.165, 1.54) is 4.68 Å². The smallest absolute Gasteiger partial charge is 0.275 e.